The van der Waals surface area contributed by atoms with Crippen molar-refractivity contribution in [2.75, 3.05) is 18.9 Å². The average Bonchev–Trinajstić information content (AvgIpc) is 2.77. The maximum absolute atomic E-state index is 10.5. The Labute approximate surface area is 118 Å². The lowest BCUT2D eigenvalue weighted by Crippen LogP contribution is -2.47. The summed E-state index contributed by atoms with van der Waals surface area (Å²) in [5.41, 5.74) is 0.661. The van der Waals surface area contributed by atoms with Gasteiger partial charge in [-0.3, -0.25) is 0 Å². The minimum atomic E-state index is -0.709. The Kier molecular flexibility index (Phi) is 3.85. The predicted octanol–water partition coefficient (Wildman–Crippen LogP) is 2.35. The zero-order chi connectivity index (χ0) is 13.3. The lowest BCUT2D eigenvalue weighted by Gasteiger charge is -2.31. The Balaban J connectivity index is 1.68. The zero-order valence-electron chi connectivity index (χ0n) is 11.3. The Hall–Kier alpha value is -0.550. The zero-order valence-corrected chi connectivity index (χ0v) is 12.1. The molecule has 3 unspecified atom stereocenters. The number of nitrogens with one attached hydrogen (secondary N) is 1. The molecule has 0 radical (unpaired) electrons. The molecule has 2 heterocycles. The molecule has 2 aliphatic heterocycles. The molecule has 19 heavy (non-hydrogen) atoms. The largest absolute Gasteiger partial charge is 0.386 e. The summed E-state index contributed by atoms with van der Waals surface area (Å²) in [7, 11) is 0. The molecule has 0 bridgehead atoms. The molecule has 2 N–H and O–H groups in total. The van der Waals surface area contributed by atoms with Gasteiger partial charge in [-0.1, -0.05) is 18.2 Å². The van der Waals surface area contributed by atoms with Gasteiger partial charge in [0, 0.05) is 30.5 Å². The third kappa shape index (κ3) is 2.68. The van der Waals surface area contributed by atoms with E-state index in [-0.39, 0.29) is 6.10 Å². The molecule has 1 fully saturated rings. The molecule has 1 aromatic rings. The van der Waals surface area contributed by atoms with Gasteiger partial charge in [0.05, 0.1) is 6.10 Å². The van der Waals surface area contributed by atoms with Crippen LogP contribution in [0.1, 0.15) is 31.4 Å². The minimum Gasteiger partial charge on any atom is -0.386 e. The molecule has 1 aromatic carbocycles. The van der Waals surface area contributed by atoms with Crippen LogP contribution in [0.5, 0.6) is 0 Å². The molecule has 0 spiro atoms. The van der Waals surface area contributed by atoms with Gasteiger partial charge < -0.3 is 15.2 Å². The van der Waals surface area contributed by atoms with Crippen LogP contribution in [0.3, 0.4) is 0 Å². The van der Waals surface area contributed by atoms with Gasteiger partial charge >= 0.3 is 0 Å². The molecule has 3 nitrogen and oxygen atoms in total. The third-order valence-corrected chi connectivity index (χ3v) is 5.40. The molecule has 2 aliphatic rings. The summed E-state index contributed by atoms with van der Waals surface area (Å²) >= 11 is 1.92. The van der Waals surface area contributed by atoms with E-state index in [1.54, 1.807) is 0 Å². The van der Waals surface area contributed by atoms with Crippen LogP contribution in [0, 0.1) is 0 Å². The van der Waals surface area contributed by atoms with Crippen molar-refractivity contribution in [1.29, 1.82) is 0 Å². The van der Waals surface area contributed by atoms with E-state index in [9.17, 15) is 5.11 Å². The molecule has 0 amide bonds. The Morgan fingerprint density at radius 2 is 2.32 bits per heavy atom. The van der Waals surface area contributed by atoms with Gasteiger partial charge in [-0.05, 0) is 30.7 Å². The fourth-order valence-corrected chi connectivity index (χ4v) is 3.98. The van der Waals surface area contributed by atoms with Crippen LogP contribution in [-0.2, 0) is 4.74 Å². The SMILES string of the molecule is CC1OCCC1(O)CNC1CCSc2ccccc21. The predicted molar refractivity (Wildman–Crippen MR) is 77.5 cm³/mol. The second kappa shape index (κ2) is 5.44. The monoisotopic (exact) mass is 279 g/mol. The topological polar surface area (TPSA) is 41.5 Å². The van der Waals surface area contributed by atoms with Gasteiger partial charge in [-0.25, -0.2) is 0 Å². The quantitative estimate of drug-likeness (QED) is 0.891. The molecule has 104 valence electrons. The third-order valence-electron chi connectivity index (χ3n) is 4.27. The van der Waals surface area contributed by atoms with E-state index in [2.05, 4.69) is 29.6 Å². The number of hydrogen-bond acceptors (Lipinski definition) is 4. The number of aliphatic hydroxyl groups is 1. The van der Waals surface area contributed by atoms with E-state index in [4.69, 9.17) is 4.74 Å². The van der Waals surface area contributed by atoms with Gasteiger partial charge in [0.15, 0.2) is 0 Å². The summed E-state index contributed by atoms with van der Waals surface area (Å²) in [6.45, 7) is 3.23. The molecule has 0 aliphatic carbocycles. The van der Waals surface area contributed by atoms with Gasteiger partial charge in [0.25, 0.3) is 0 Å². The molecule has 3 atom stereocenters. The van der Waals surface area contributed by atoms with Gasteiger partial charge in [0.2, 0.25) is 0 Å². The lowest BCUT2D eigenvalue weighted by molar-refractivity contribution is -0.0278. The van der Waals surface area contributed by atoms with Crippen molar-refractivity contribution in [2.45, 2.75) is 42.4 Å². The lowest BCUT2D eigenvalue weighted by atomic mass is 9.95. The van der Waals surface area contributed by atoms with Crippen molar-refractivity contribution in [3.63, 3.8) is 0 Å². The van der Waals surface area contributed by atoms with Crippen LogP contribution >= 0.6 is 11.8 Å². The summed E-state index contributed by atoms with van der Waals surface area (Å²) in [5, 5.41) is 14.1. The van der Waals surface area contributed by atoms with Crippen molar-refractivity contribution in [3.8, 4) is 0 Å². The van der Waals surface area contributed by atoms with Gasteiger partial charge in [0.1, 0.15) is 5.60 Å². The van der Waals surface area contributed by atoms with Crippen molar-refractivity contribution >= 4 is 11.8 Å². The first-order valence-electron chi connectivity index (χ1n) is 6.98. The fourth-order valence-electron chi connectivity index (χ4n) is 2.86. The first kappa shape index (κ1) is 13.4. The summed E-state index contributed by atoms with van der Waals surface area (Å²) in [4.78, 5) is 1.37. The van der Waals surface area contributed by atoms with Crippen molar-refractivity contribution in [1.82, 2.24) is 5.32 Å². The highest BCUT2D eigenvalue weighted by Gasteiger charge is 2.39. The standard InChI is InChI=1S/C15H21NO2S/c1-11-15(17,7-8-18-11)10-16-13-6-9-19-14-5-3-2-4-12(13)14/h2-5,11,13,16-17H,6-10H2,1H3. The Morgan fingerprint density at radius 1 is 1.47 bits per heavy atom. The summed E-state index contributed by atoms with van der Waals surface area (Å²) in [6, 6.07) is 8.92. The molecule has 0 aromatic heterocycles. The van der Waals surface area contributed by atoms with E-state index in [1.165, 1.54) is 10.5 Å². The number of ether oxygens (including phenoxy) is 1. The van der Waals surface area contributed by atoms with Crippen molar-refractivity contribution < 1.29 is 9.84 Å². The molecule has 0 saturated carbocycles. The maximum atomic E-state index is 10.5. The highest BCUT2D eigenvalue weighted by atomic mass is 32.2. The summed E-state index contributed by atoms with van der Waals surface area (Å²) < 4.78 is 5.48. The van der Waals surface area contributed by atoms with E-state index >= 15 is 0 Å². The number of rotatable bonds is 3. The number of hydrogen-bond donors (Lipinski definition) is 2. The van der Waals surface area contributed by atoms with Crippen LogP contribution < -0.4 is 5.32 Å². The first-order valence-corrected chi connectivity index (χ1v) is 7.97. The minimum absolute atomic E-state index is 0.0757. The van der Waals surface area contributed by atoms with E-state index in [1.807, 2.05) is 18.7 Å². The fraction of sp³-hybridized carbons (Fsp3) is 0.600. The number of thioether (sulfide) groups is 1. The van der Waals surface area contributed by atoms with Gasteiger partial charge in [-0.15, -0.1) is 11.8 Å². The second-order valence-corrected chi connectivity index (χ2v) is 6.61. The number of fused-ring (bicyclic) bond motifs is 1. The maximum Gasteiger partial charge on any atom is 0.105 e. The van der Waals surface area contributed by atoms with Crippen LogP contribution in [0.25, 0.3) is 0 Å². The molecular weight excluding hydrogens is 258 g/mol. The van der Waals surface area contributed by atoms with Crippen LogP contribution in [0.2, 0.25) is 0 Å². The normalized spacial score (nSPS) is 34.2. The van der Waals surface area contributed by atoms with Gasteiger partial charge in [-0.2, -0.15) is 0 Å². The van der Waals surface area contributed by atoms with Crippen LogP contribution in [-0.4, -0.2) is 35.7 Å². The summed E-state index contributed by atoms with van der Waals surface area (Å²) in [5.74, 6) is 1.14. The Morgan fingerprint density at radius 3 is 3.11 bits per heavy atom. The van der Waals surface area contributed by atoms with Crippen LogP contribution in [0.15, 0.2) is 29.2 Å². The number of benzene rings is 1. The Bertz CT molecular complexity index is 454. The molecule has 3 rings (SSSR count). The van der Waals surface area contributed by atoms with E-state index < -0.39 is 5.60 Å². The van der Waals surface area contributed by atoms with Crippen LogP contribution in [0.4, 0.5) is 0 Å². The highest BCUT2D eigenvalue weighted by Crippen LogP contribution is 2.36. The highest BCUT2D eigenvalue weighted by molar-refractivity contribution is 7.99. The summed E-state index contributed by atoms with van der Waals surface area (Å²) in [6.07, 6.45) is 1.77. The van der Waals surface area contributed by atoms with E-state index in [0.29, 0.717) is 19.2 Å². The second-order valence-electron chi connectivity index (χ2n) is 5.48. The van der Waals surface area contributed by atoms with Crippen molar-refractivity contribution in [3.05, 3.63) is 29.8 Å². The van der Waals surface area contributed by atoms with Crippen molar-refractivity contribution in [2.24, 2.45) is 0 Å². The first-order chi connectivity index (χ1) is 9.19. The molecule has 4 heteroatoms. The van der Waals surface area contributed by atoms with E-state index in [0.717, 1.165) is 18.6 Å². The smallest absolute Gasteiger partial charge is 0.105 e. The molecule has 1 saturated heterocycles. The average molecular weight is 279 g/mol. The molecular formula is C15H21NO2S.